The predicted octanol–water partition coefficient (Wildman–Crippen LogP) is 2.19. The standard InChI is InChI=1S/C18H23N5O3S/c1-3-23(16-7-8-27(25,26)11-16)18-10-17(19-12-20-18)22-15-6-4-5-14(9-15)21-13(2)24/h4-6,9-10,12,16H,3,7-8,11H2,1-2H3,(H,21,24)(H,19,20,22). The number of benzene rings is 1. The lowest BCUT2D eigenvalue weighted by Gasteiger charge is -2.28. The van der Waals surface area contributed by atoms with E-state index in [1.165, 1.54) is 13.3 Å². The van der Waals surface area contributed by atoms with Gasteiger partial charge in [-0.25, -0.2) is 18.4 Å². The number of anilines is 4. The van der Waals surface area contributed by atoms with Crippen LogP contribution in [-0.4, -0.2) is 48.4 Å². The summed E-state index contributed by atoms with van der Waals surface area (Å²) in [5.74, 6) is 1.53. The van der Waals surface area contributed by atoms with Gasteiger partial charge in [-0.05, 0) is 31.5 Å². The van der Waals surface area contributed by atoms with E-state index < -0.39 is 9.84 Å². The third-order valence-corrected chi connectivity index (χ3v) is 6.14. The van der Waals surface area contributed by atoms with Gasteiger partial charge in [-0.1, -0.05) is 6.07 Å². The summed E-state index contributed by atoms with van der Waals surface area (Å²) in [4.78, 5) is 21.8. The third kappa shape index (κ3) is 4.94. The molecule has 1 aliphatic heterocycles. The molecule has 0 bridgehead atoms. The highest BCUT2D eigenvalue weighted by Crippen LogP contribution is 2.25. The monoisotopic (exact) mass is 389 g/mol. The van der Waals surface area contributed by atoms with Crippen molar-refractivity contribution < 1.29 is 13.2 Å². The molecule has 1 aromatic carbocycles. The van der Waals surface area contributed by atoms with Crippen LogP contribution in [0.1, 0.15) is 20.3 Å². The Bertz CT molecular complexity index is 932. The molecule has 1 aliphatic rings. The van der Waals surface area contributed by atoms with Crippen LogP contribution in [0.2, 0.25) is 0 Å². The van der Waals surface area contributed by atoms with Gasteiger partial charge < -0.3 is 15.5 Å². The van der Waals surface area contributed by atoms with Crippen LogP contribution < -0.4 is 15.5 Å². The zero-order valence-corrected chi connectivity index (χ0v) is 16.2. The van der Waals surface area contributed by atoms with E-state index in [1.807, 2.05) is 30.0 Å². The SMILES string of the molecule is CCN(c1cc(Nc2cccc(NC(C)=O)c2)ncn1)C1CCS(=O)(=O)C1. The maximum Gasteiger partial charge on any atom is 0.221 e. The summed E-state index contributed by atoms with van der Waals surface area (Å²) < 4.78 is 23.6. The number of sulfone groups is 1. The molecule has 9 heteroatoms. The van der Waals surface area contributed by atoms with Gasteiger partial charge in [0.15, 0.2) is 9.84 Å². The van der Waals surface area contributed by atoms with E-state index >= 15 is 0 Å². The minimum atomic E-state index is -2.97. The minimum absolute atomic E-state index is 0.0640. The molecule has 3 rings (SSSR count). The van der Waals surface area contributed by atoms with Crippen LogP contribution in [0.5, 0.6) is 0 Å². The summed E-state index contributed by atoms with van der Waals surface area (Å²) in [6.07, 6.45) is 2.07. The molecule has 1 atom stereocenters. The fourth-order valence-corrected chi connectivity index (χ4v) is 4.96. The summed E-state index contributed by atoms with van der Waals surface area (Å²) in [6.45, 7) is 4.10. The zero-order chi connectivity index (χ0) is 19.4. The van der Waals surface area contributed by atoms with E-state index in [-0.39, 0.29) is 23.5 Å². The summed E-state index contributed by atoms with van der Waals surface area (Å²) in [5.41, 5.74) is 1.46. The largest absolute Gasteiger partial charge is 0.353 e. The van der Waals surface area contributed by atoms with Gasteiger partial charge >= 0.3 is 0 Å². The predicted molar refractivity (Wildman–Crippen MR) is 106 cm³/mol. The van der Waals surface area contributed by atoms with E-state index in [1.54, 1.807) is 12.1 Å². The Morgan fingerprint density at radius 2 is 2.04 bits per heavy atom. The molecular formula is C18H23N5O3S. The van der Waals surface area contributed by atoms with Crippen molar-refractivity contribution in [2.45, 2.75) is 26.3 Å². The summed E-state index contributed by atoms with van der Waals surface area (Å²) >= 11 is 0. The molecule has 1 amide bonds. The van der Waals surface area contributed by atoms with E-state index in [4.69, 9.17) is 0 Å². The molecule has 144 valence electrons. The molecule has 2 aromatic rings. The third-order valence-electron chi connectivity index (χ3n) is 4.39. The number of hydrogen-bond acceptors (Lipinski definition) is 7. The van der Waals surface area contributed by atoms with Crippen LogP contribution in [0.4, 0.5) is 23.0 Å². The van der Waals surface area contributed by atoms with Crippen LogP contribution in [0.25, 0.3) is 0 Å². The maximum atomic E-state index is 11.8. The Hall–Kier alpha value is -2.68. The van der Waals surface area contributed by atoms with Gasteiger partial charge in [-0.15, -0.1) is 0 Å². The number of carbonyl (C=O) groups is 1. The molecule has 2 heterocycles. The number of carbonyl (C=O) groups excluding carboxylic acids is 1. The molecule has 0 spiro atoms. The van der Waals surface area contributed by atoms with Gasteiger partial charge in [-0.3, -0.25) is 4.79 Å². The first-order valence-electron chi connectivity index (χ1n) is 8.80. The second-order valence-electron chi connectivity index (χ2n) is 6.49. The summed E-state index contributed by atoms with van der Waals surface area (Å²) in [6, 6.07) is 9.05. The molecule has 2 N–H and O–H groups in total. The number of nitrogens with one attached hydrogen (secondary N) is 2. The van der Waals surface area contributed by atoms with Gasteiger partial charge in [0, 0.05) is 37.0 Å². The molecule has 1 aromatic heterocycles. The summed E-state index contributed by atoms with van der Waals surface area (Å²) in [7, 11) is -2.97. The molecule has 1 unspecified atom stereocenters. The highest BCUT2D eigenvalue weighted by molar-refractivity contribution is 7.91. The van der Waals surface area contributed by atoms with Crippen molar-refractivity contribution in [1.82, 2.24) is 9.97 Å². The quantitative estimate of drug-likeness (QED) is 0.780. The molecular weight excluding hydrogens is 366 g/mol. The number of aromatic nitrogens is 2. The topological polar surface area (TPSA) is 104 Å². The van der Waals surface area contributed by atoms with Crippen LogP contribution in [0.15, 0.2) is 36.7 Å². The Morgan fingerprint density at radius 3 is 2.70 bits per heavy atom. The Morgan fingerprint density at radius 1 is 1.26 bits per heavy atom. The number of amides is 1. The van der Waals surface area contributed by atoms with Crippen molar-refractivity contribution in [3.63, 3.8) is 0 Å². The first kappa shape index (κ1) is 19.1. The van der Waals surface area contributed by atoms with Crippen molar-refractivity contribution >= 4 is 38.8 Å². The fourth-order valence-electron chi connectivity index (χ4n) is 3.23. The van der Waals surface area contributed by atoms with Crippen molar-refractivity contribution in [2.75, 3.05) is 33.6 Å². The number of hydrogen-bond donors (Lipinski definition) is 2. The minimum Gasteiger partial charge on any atom is -0.353 e. The molecule has 1 saturated heterocycles. The van der Waals surface area contributed by atoms with E-state index in [2.05, 4.69) is 20.6 Å². The van der Waals surface area contributed by atoms with Gasteiger partial charge in [-0.2, -0.15) is 0 Å². The lowest BCUT2D eigenvalue weighted by molar-refractivity contribution is -0.114. The van der Waals surface area contributed by atoms with Gasteiger partial charge in [0.2, 0.25) is 5.91 Å². The van der Waals surface area contributed by atoms with Crippen LogP contribution in [0.3, 0.4) is 0 Å². The van der Waals surface area contributed by atoms with Crippen molar-refractivity contribution in [3.05, 3.63) is 36.7 Å². The van der Waals surface area contributed by atoms with E-state index in [9.17, 15) is 13.2 Å². The highest BCUT2D eigenvalue weighted by Gasteiger charge is 2.32. The normalized spacial score (nSPS) is 18.1. The fraction of sp³-hybridized carbons (Fsp3) is 0.389. The van der Waals surface area contributed by atoms with Crippen LogP contribution >= 0.6 is 0 Å². The molecule has 8 nitrogen and oxygen atoms in total. The van der Waals surface area contributed by atoms with Gasteiger partial charge in [0.05, 0.1) is 11.5 Å². The molecule has 0 saturated carbocycles. The average molecular weight is 389 g/mol. The lowest BCUT2D eigenvalue weighted by Crippen LogP contribution is -2.36. The van der Waals surface area contributed by atoms with Crippen LogP contribution in [-0.2, 0) is 14.6 Å². The van der Waals surface area contributed by atoms with Gasteiger partial charge in [0.25, 0.3) is 0 Å². The van der Waals surface area contributed by atoms with Crippen molar-refractivity contribution in [2.24, 2.45) is 0 Å². The summed E-state index contributed by atoms with van der Waals surface area (Å²) in [5, 5.41) is 5.93. The Labute approximate surface area is 158 Å². The Balaban J connectivity index is 1.78. The first-order valence-corrected chi connectivity index (χ1v) is 10.6. The van der Waals surface area contributed by atoms with Crippen molar-refractivity contribution in [1.29, 1.82) is 0 Å². The van der Waals surface area contributed by atoms with E-state index in [0.717, 1.165) is 5.69 Å². The second kappa shape index (κ2) is 7.91. The molecule has 0 aliphatic carbocycles. The Kier molecular flexibility index (Phi) is 5.59. The maximum absolute atomic E-state index is 11.8. The van der Waals surface area contributed by atoms with E-state index in [0.29, 0.717) is 30.3 Å². The molecule has 27 heavy (non-hydrogen) atoms. The molecule has 1 fully saturated rings. The molecule has 0 radical (unpaired) electrons. The van der Waals surface area contributed by atoms with Crippen LogP contribution in [0, 0.1) is 0 Å². The lowest BCUT2D eigenvalue weighted by atomic mass is 10.2. The zero-order valence-electron chi connectivity index (χ0n) is 15.3. The van der Waals surface area contributed by atoms with Crippen molar-refractivity contribution in [3.8, 4) is 0 Å². The average Bonchev–Trinajstić information content (AvgIpc) is 2.95. The highest BCUT2D eigenvalue weighted by atomic mass is 32.2. The second-order valence-corrected chi connectivity index (χ2v) is 8.72. The number of nitrogens with zero attached hydrogens (tertiary/aromatic N) is 3. The van der Waals surface area contributed by atoms with Gasteiger partial charge in [0.1, 0.15) is 18.0 Å². The smallest absolute Gasteiger partial charge is 0.221 e. The number of rotatable bonds is 6. The first-order chi connectivity index (χ1) is 12.9.